The van der Waals surface area contributed by atoms with Crippen LogP contribution in [0.25, 0.3) is 0 Å². The van der Waals surface area contributed by atoms with E-state index in [4.69, 9.17) is 0 Å². The Morgan fingerprint density at radius 3 is 2.65 bits per heavy atom. The van der Waals surface area contributed by atoms with Gasteiger partial charge in [0.1, 0.15) is 6.04 Å². The Hall–Kier alpha value is -2.14. The molecule has 1 aromatic carbocycles. The van der Waals surface area contributed by atoms with Gasteiger partial charge in [-0.1, -0.05) is 30.3 Å². The minimum atomic E-state index is -0.806. The highest BCUT2D eigenvalue weighted by Crippen LogP contribution is 2.21. The van der Waals surface area contributed by atoms with Crippen molar-refractivity contribution >= 4 is 5.91 Å². The highest BCUT2D eigenvalue weighted by Gasteiger charge is 2.30. The van der Waals surface area contributed by atoms with Gasteiger partial charge in [-0.25, -0.2) is 0 Å². The van der Waals surface area contributed by atoms with Crippen LogP contribution in [0.3, 0.4) is 0 Å². The number of nitrogens with zero attached hydrogens (tertiary/aromatic N) is 2. The van der Waals surface area contributed by atoms with Crippen LogP contribution in [0.1, 0.15) is 25.5 Å². The van der Waals surface area contributed by atoms with Gasteiger partial charge in [-0.3, -0.25) is 9.48 Å². The molecule has 0 saturated heterocycles. The highest BCUT2D eigenvalue weighted by molar-refractivity contribution is 5.80. The highest BCUT2D eigenvalue weighted by atomic mass is 16.3. The first kappa shape index (κ1) is 14.3. The van der Waals surface area contributed by atoms with Crippen molar-refractivity contribution in [3.8, 4) is 0 Å². The van der Waals surface area contributed by atoms with Gasteiger partial charge in [-0.15, -0.1) is 0 Å². The predicted molar refractivity (Wildman–Crippen MR) is 76.0 cm³/mol. The molecule has 0 aliphatic heterocycles. The summed E-state index contributed by atoms with van der Waals surface area (Å²) in [6, 6.07) is 10.8. The lowest BCUT2D eigenvalue weighted by atomic mass is 9.92. The van der Waals surface area contributed by atoms with Crippen molar-refractivity contribution in [1.29, 1.82) is 0 Å². The average molecular weight is 273 g/mol. The number of nitrogens with one attached hydrogen (secondary N) is 1. The SMILES string of the molecule is CC(C(=O)NC(C)(CO)c1ccccc1)n1cccn1. The second-order valence-electron chi connectivity index (χ2n) is 5.01. The Bertz CT molecular complexity index is 554. The van der Waals surface area contributed by atoms with Crippen LogP contribution in [-0.4, -0.2) is 27.4 Å². The van der Waals surface area contributed by atoms with E-state index in [-0.39, 0.29) is 12.5 Å². The first-order valence-corrected chi connectivity index (χ1v) is 6.54. The maximum Gasteiger partial charge on any atom is 0.245 e. The summed E-state index contributed by atoms with van der Waals surface area (Å²) in [4.78, 5) is 12.3. The van der Waals surface area contributed by atoms with E-state index in [2.05, 4.69) is 10.4 Å². The second kappa shape index (κ2) is 5.88. The quantitative estimate of drug-likeness (QED) is 0.867. The molecule has 0 aliphatic rings. The number of carbonyl (C=O) groups excluding carboxylic acids is 1. The van der Waals surface area contributed by atoms with Gasteiger partial charge in [-0.2, -0.15) is 5.10 Å². The van der Waals surface area contributed by atoms with Crippen LogP contribution in [0, 0.1) is 0 Å². The van der Waals surface area contributed by atoms with Gasteiger partial charge in [-0.05, 0) is 25.5 Å². The summed E-state index contributed by atoms with van der Waals surface area (Å²) in [7, 11) is 0. The Labute approximate surface area is 118 Å². The first-order valence-electron chi connectivity index (χ1n) is 6.54. The molecule has 1 heterocycles. The lowest BCUT2D eigenvalue weighted by molar-refractivity contribution is -0.126. The zero-order valence-electron chi connectivity index (χ0n) is 11.7. The second-order valence-corrected chi connectivity index (χ2v) is 5.01. The lowest BCUT2D eigenvalue weighted by Gasteiger charge is -2.30. The average Bonchev–Trinajstić information content (AvgIpc) is 3.01. The summed E-state index contributed by atoms with van der Waals surface area (Å²) in [5, 5.41) is 16.6. The number of aliphatic hydroxyl groups is 1. The number of aliphatic hydroxyl groups excluding tert-OH is 1. The van der Waals surface area contributed by atoms with E-state index >= 15 is 0 Å². The fourth-order valence-corrected chi connectivity index (χ4v) is 2.02. The van der Waals surface area contributed by atoms with Gasteiger partial charge in [0.05, 0.1) is 12.1 Å². The number of hydrogen-bond acceptors (Lipinski definition) is 3. The number of rotatable bonds is 5. The summed E-state index contributed by atoms with van der Waals surface area (Å²) in [5.74, 6) is -0.186. The third kappa shape index (κ3) is 2.88. The molecular weight excluding hydrogens is 254 g/mol. The van der Waals surface area contributed by atoms with E-state index in [1.807, 2.05) is 30.3 Å². The van der Waals surface area contributed by atoms with Crippen molar-refractivity contribution in [2.24, 2.45) is 0 Å². The minimum absolute atomic E-state index is 0.172. The van der Waals surface area contributed by atoms with Crippen LogP contribution in [0.4, 0.5) is 0 Å². The van der Waals surface area contributed by atoms with Crippen molar-refractivity contribution in [2.75, 3.05) is 6.61 Å². The zero-order valence-corrected chi connectivity index (χ0v) is 11.7. The summed E-state index contributed by atoms with van der Waals surface area (Å²) in [5.41, 5.74) is 0.0586. The van der Waals surface area contributed by atoms with Gasteiger partial charge in [0.15, 0.2) is 0 Å². The maximum atomic E-state index is 12.3. The molecule has 5 heteroatoms. The Kier molecular flexibility index (Phi) is 4.20. The number of benzene rings is 1. The molecule has 5 nitrogen and oxygen atoms in total. The van der Waals surface area contributed by atoms with Gasteiger partial charge in [0.2, 0.25) is 5.91 Å². The van der Waals surface area contributed by atoms with Crippen molar-refractivity contribution in [2.45, 2.75) is 25.4 Å². The van der Waals surface area contributed by atoms with Gasteiger partial charge < -0.3 is 10.4 Å². The summed E-state index contributed by atoms with van der Waals surface area (Å²) >= 11 is 0. The Morgan fingerprint density at radius 1 is 1.40 bits per heavy atom. The van der Waals surface area contributed by atoms with E-state index in [0.717, 1.165) is 5.56 Å². The Morgan fingerprint density at radius 2 is 2.10 bits per heavy atom. The largest absolute Gasteiger partial charge is 0.394 e. The molecular formula is C15H19N3O2. The van der Waals surface area contributed by atoms with E-state index < -0.39 is 11.6 Å². The molecule has 2 N–H and O–H groups in total. The van der Waals surface area contributed by atoms with Crippen LogP contribution >= 0.6 is 0 Å². The molecule has 0 radical (unpaired) electrons. The topological polar surface area (TPSA) is 67.2 Å². The summed E-state index contributed by atoms with van der Waals surface area (Å²) in [6.45, 7) is 3.40. The third-order valence-electron chi connectivity index (χ3n) is 3.43. The van der Waals surface area contributed by atoms with Gasteiger partial charge in [0, 0.05) is 12.4 Å². The van der Waals surface area contributed by atoms with Gasteiger partial charge >= 0.3 is 0 Å². The molecule has 106 valence electrons. The van der Waals surface area contributed by atoms with E-state index in [1.165, 1.54) is 0 Å². The van der Waals surface area contributed by atoms with Crippen molar-refractivity contribution in [3.63, 3.8) is 0 Å². The molecule has 0 aliphatic carbocycles. The number of amides is 1. The number of hydrogen-bond donors (Lipinski definition) is 2. The maximum absolute atomic E-state index is 12.3. The van der Waals surface area contributed by atoms with Crippen LogP contribution in [0.15, 0.2) is 48.8 Å². The van der Waals surface area contributed by atoms with Crippen molar-refractivity contribution in [1.82, 2.24) is 15.1 Å². The number of aromatic nitrogens is 2. The van der Waals surface area contributed by atoms with E-state index in [1.54, 1.807) is 37.0 Å². The monoisotopic (exact) mass is 273 g/mol. The summed E-state index contributed by atoms with van der Waals surface area (Å²) < 4.78 is 1.58. The number of carbonyl (C=O) groups is 1. The molecule has 20 heavy (non-hydrogen) atoms. The minimum Gasteiger partial charge on any atom is -0.394 e. The van der Waals surface area contributed by atoms with Crippen LogP contribution in [-0.2, 0) is 10.3 Å². The fourth-order valence-electron chi connectivity index (χ4n) is 2.02. The molecule has 0 saturated carbocycles. The predicted octanol–water partition coefficient (Wildman–Crippen LogP) is 1.47. The fraction of sp³-hybridized carbons (Fsp3) is 0.333. The molecule has 1 aromatic heterocycles. The molecule has 2 rings (SSSR count). The zero-order chi connectivity index (χ0) is 14.6. The van der Waals surface area contributed by atoms with Crippen molar-refractivity contribution in [3.05, 3.63) is 54.4 Å². The first-order chi connectivity index (χ1) is 9.57. The smallest absolute Gasteiger partial charge is 0.245 e. The van der Waals surface area contributed by atoms with E-state index in [0.29, 0.717) is 0 Å². The van der Waals surface area contributed by atoms with Crippen molar-refractivity contribution < 1.29 is 9.90 Å². The normalized spacial score (nSPS) is 15.3. The molecule has 0 spiro atoms. The van der Waals surface area contributed by atoms with Crippen LogP contribution in [0.2, 0.25) is 0 Å². The lowest BCUT2D eigenvalue weighted by Crippen LogP contribution is -2.48. The molecule has 0 bridgehead atoms. The molecule has 2 atom stereocenters. The third-order valence-corrected chi connectivity index (χ3v) is 3.43. The van der Waals surface area contributed by atoms with Crippen LogP contribution in [0.5, 0.6) is 0 Å². The van der Waals surface area contributed by atoms with E-state index in [9.17, 15) is 9.90 Å². The van der Waals surface area contributed by atoms with Gasteiger partial charge in [0.25, 0.3) is 0 Å². The Balaban J connectivity index is 2.16. The molecule has 2 unspecified atom stereocenters. The molecule has 2 aromatic rings. The molecule has 0 fully saturated rings. The van der Waals surface area contributed by atoms with Crippen LogP contribution < -0.4 is 5.32 Å². The molecule has 1 amide bonds. The summed E-state index contributed by atoms with van der Waals surface area (Å²) in [6.07, 6.45) is 3.37. The standard InChI is InChI=1S/C15H19N3O2/c1-12(18-10-6-9-16-18)14(20)17-15(2,11-19)13-7-4-3-5-8-13/h3-10,12,19H,11H2,1-2H3,(H,17,20).